The fraction of sp³-hybridized carbons (Fsp3) is 0.632. The highest BCUT2D eigenvalue weighted by Gasteiger charge is 2.30. The van der Waals surface area contributed by atoms with Crippen molar-refractivity contribution in [3.63, 3.8) is 0 Å². The number of hydrogen-bond acceptors (Lipinski definition) is 15. The quantitative estimate of drug-likeness (QED) is 0.0169. The molecule has 0 saturated carbocycles. The molecule has 0 saturated heterocycles. The van der Waals surface area contributed by atoms with E-state index in [-0.39, 0.29) is 25.7 Å². The minimum absolute atomic E-state index is 0.0483. The van der Waals surface area contributed by atoms with Gasteiger partial charge in [0.2, 0.25) is 0 Å². The molecular weight excluding hydrogens is 1380 g/mol. The predicted molar refractivity (Wildman–Crippen MR) is 436 cm³/mol. The van der Waals surface area contributed by atoms with Crippen molar-refractivity contribution in [3.05, 3.63) is 170 Å². The average Bonchev–Trinajstić information content (AvgIpc) is 0.900. The van der Waals surface area contributed by atoms with E-state index in [0.717, 1.165) is 161 Å². The van der Waals surface area contributed by atoms with Gasteiger partial charge in [0.25, 0.3) is 0 Å². The van der Waals surface area contributed by atoms with Gasteiger partial charge in [-0.1, -0.05) is 294 Å². The number of allylic oxidation sites excluding steroid dienone is 28. The SMILES string of the molecule is CC/C=C\C/C=C\C/C=C\C/C=C\C/C=C\CCCCCC(=O)OCC(COP(=O)(O)OCC(O)COP(=O)(O)OCC(COC(=O)CCC/C=C\C/C=C\C/C=C\C/C=C\C/C=C\CC)OC(=O)CCCCCC/C=C\C/C=C\C/C=C\C/C=C\CC)OC(=O)CCCCCCCCCCCCCCC. The molecule has 17 nitrogen and oxygen atoms in total. The van der Waals surface area contributed by atoms with Gasteiger partial charge in [-0.3, -0.25) is 37.3 Å². The number of carbonyl (C=O) groups is 4. The van der Waals surface area contributed by atoms with E-state index in [9.17, 15) is 43.2 Å². The minimum atomic E-state index is -5.01. The van der Waals surface area contributed by atoms with Crippen LogP contribution in [0.1, 0.15) is 297 Å². The molecule has 0 aromatic heterocycles. The lowest BCUT2D eigenvalue weighted by Gasteiger charge is -2.21. The number of carbonyl (C=O) groups excluding carboxylic acids is 4. The minimum Gasteiger partial charge on any atom is -0.462 e. The number of ether oxygens (including phenoxy) is 4. The van der Waals surface area contributed by atoms with Gasteiger partial charge >= 0.3 is 39.5 Å². The summed E-state index contributed by atoms with van der Waals surface area (Å²) in [5.41, 5.74) is 0. The summed E-state index contributed by atoms with van der Waals surface area (Å²) in [5.74, 6) is -2.31. The Labute approximate surface area is 642 Å². The number of phosphoric ester groups is 2. The highest BCUT2D eigenvalue weighted by Crippen LogP contribution is 2.45. The number of aliphatic hydroxyl groups excluding tert-OH is 1. The predicted octanol–water partition coefficient (Wildman–Crippen LogP) is 23.8. The van der Waals surface area contributed by atoms with Gasteiger partial charge in [0, 0.05) is 25.7 Å². The van der Waals surface area contributed by atoms with Crippen molar-refractivity contribution in [2.75, 3.05) is 39.6 Å². The van der Waals surface area contributed by atoms with Crippen LogP contribution in [0.2, 0.25) is 0 Å². The van der Waals surface area contributed by atoms with Gasteiger partial charge in [0.15, 0.2) is 12.2 Å². The third-order valence-corrected chi connectivity index (χ3v) is 18.1. The smallest absolute Gasteiger partial charge is 0.462 e. The summed E-state index contributed by atoms with van der Waals surface area (Å²) in [6.07, 6.45) is 91.9. The molecule has 0 aliphatic rings. The monoisotopic (exact) mass is 1520 g/mol. The summed E-state index contributed by atoms with van der Waals surface area (Å²) in [4.78, 5) is 73.1. The van der Waals surface area contributed by atoms with E-state index >= 15 is 0 Å². The molecule has 5 atom stereocenters. The Bertz CT molecular complexity index is 2680. The van der Waals surface area contributed by atoms with Gasteiger partial charge in [-0.2, -0.15) is 0 Å². The Morgan fingerprint density at radius 1 is 0.274 bits per heavy atom. The van der Waals surface area contributed by atoms with Crippen LogP contribution in [-0.2, 0) is 65.4 Å². The molecule has 0 spiro atoms. The fourth-order valence-corrected chi connectivity index (χ4v) is 11.7. The summed E-state index contributed by atoms with van der Waals surface area (Å²) < 4.78 is 68.6. The number of phosphoric acid groups is 2. The van der Waals surface area contributed by atoms with Crippen LogP contribution in [0.15, 0.2) is 170 Å². The van der Waals surface area contributed by atoms with Crippen LogP contribution < -0.4 is 0 Å². The number of esters is 4. The van der Waals surface area contributed by atoms with Crippen LogP contribution in [0.25, 0.3) is 0 Å². The molecule has 0 heterocycles. The van der Waals surface area contributed by atoms with E-state index < -0.39 is 97.5 Å². The molecule has 0 aliphatic carbocycles. The fourth-order valence-electron chi connectivity index (χ4n) is 10.2. The van der Waals surface area contributed by atoms with Crippen LogP contribution in [0.3, 0.4) is 0 Å². The van der Waals surface area contributed by atoms with Crippen molar-refractivity contribution < 1.29 is 80.2 Å². The number of aliphatic hydroxyl groups is 1. The Morgan fingerprint density at radius 2 is 0.500 bits per heavy atom. The van der Waals surface area contributed by atoms with Crippen molar-refractivity contribution in [1.29, 1.82) is 0 Å². The normalized spacial score (nSPS) is 14.7. The molecule has 0 amide bonds. The molecule has 0 aliphatic heterocycles. The van der Waals surface area contributed by atoms with Crippen LogP contribution in [0.5, 0.6) is 0 Å². The molecule has 3 N–H and O–H groups in total. The standard InChI is InChI=1S/C87H142O17P2/c1-5-9-13-17-21-25-29-33-36-39-40-43-45-49-52-56-60-64-68-72-85(90)97-77-82(103-86(91)73-69-65-61-57-53-47-32-28-24-20-16-12-8-4)79-101-105(93,94)99-75-81(88)76-100-106(95,96)102-80-83(104-87(92)74-70-66-62-58-54-50-46-42-38-35-31-27-23-19-15-11-7-3)78-98-84(89)71-67-63-59-55-51-48-44-41-37-34-30-26-22-18-14-10-6-2/h9-11,13-15,21-23,25-27,33-38,40,43-44,46,48-50,52,55,59,81-83,88H,5-8,12,16-20,24,28-32,39,41-42,45,47,51,53-54,56-58,60-80H2,1-4H3,(H,93,94)(H,95,96)/b13-9-,14-10-,15-11-,25-21-,26-22-,27-23-,36-33-,37-34-,38-35-,43-40-,48-44-,50-46-,52-49-,59-55-. The Kier molecular flexibility index (Phi) is 73.5. The third-order valence-electron chi connectivity index (χ3n) is 16.2. The molecule has 0 bridgehead atoms. The lowest BCUT2D eigenvalue weighted by atomic mass is 10.0. The van der Waals surface area contributed by atoms with Gasteiger partial charge in [0.1, 0.15) is 19.3 Å². The molecule has 106 heavy (non-hydrogen) atoms. The molecule has 0 fully saturated rings. The van der Waals surface area contributed by atoms with Crippen LogP contribution in [0, 0.1) is 0 Å². The summed E-state index contributed by atoms with van der Waals surface area (Å²) in [7, 11) is -10.0. The van der Waals surface area contributed by atoms with Gasteiger partial charge in [-0.05, 0) is 148 Å². The van der Waals surface area contributed by atoms with E-state index in [4.69, 9.17) is 37.0 Å². The zero-order valence-corrected chi connectivity index (χ0v) is 67.6. The Hall–Kier alpha value is -5.58. The van der Waals surface area contributed by atoms with E-state index in [1.807, 2.05) is 12.2 Å². The highest BCUT2D eigenvalue weighted by atomic mass is 31.2. The van der Waals surface area contributed by atoms with Crippen molar-refractivity contribution in [2.24, 2.45) is 0 Å². The summed E-state index contributed by atoms with van der Waals surface area (Å²) >= 11 is 0. The second kappa shape index (κ2) is 77.6. The first-order valence-electron chi connectivity index (χ1n) is 40.4. The molecule has 0 aromatic carbocycles. The average molecular weight is 1520 g/mol. The van der Waals surface area contributed by atoms with Gasteiger partial charge in [-0.15, -0.1) is 0 Å². The molecular formula is C87H142O17P2. The lowest BCUT2D eigenvalue weighted by Crippen LogP contribution is -2.30. The number of unbranched alkanes of at least 4 members (excludes halogenated alkanes) is 20. The van der Waals surface area contributed by atoms with Crippen LogP contribution >= 0.6 is 15.6 Å². The molecule has 0 radical (unpaired) electrons. The molecule has 0 rings (SSSR count). The zero-order chi connectivity index (χ0) is 77.4. The van der Waals surface area contributed by atoms with Crippen molar-refractivity contribution in [2.45, 2.75) is 316 Å². The summed E-state index contributed by atoms with van der Waals surface area (Å²) in [6, 6.07) is 0. The molecule has 0 aromatic rings. The third kappa shape index (κ3) is 76.6. The van der Waals surface area contributed by atoms with E-state index in [0.29, 0.717) is 32.1 Å². The van der Waals surface area contributed by atoms with E-state index in [1.165, 1.54) is 51.4 Å². The zero-order valence-electron chi connectivity index (χ0n) is 65.8. The first kappa shape index (κ1) is 100. The van der Waals surface area contributed by atoms with Crippen molar-refractivity contribution in [1.82, 2.24) is 0 Å². The summed E-state index contributed by atoms with van der Waals surface area (Å²) in [6.45, 7) is 4.40. The lowest BCUT2D eigenvalue weighted by molar-refractivity contribution is -0.161. The molecule has 19 heteroatoms. The highest BCUT2D eigenvalue weighted by molar-refractivity contribution is 7.47. The second-order valence-corrected chi connectivity index (χ2v) is 29.1. The molecule has 5 unspecified atom stereocenters. The van der Waals surface area contributed by atoms with E-state index in [2.05, 4.69) is 186 Å². The second-order valence-electron chi connectivity index (χ2n) is 26.2. The first-order chi connectivity index (χ1) is 51.7. The van der Waals surface area contributed by atoms with Crippen LogP contribution in [0.4, 0.5) is 0 Å². The van der Waals surface area contributed by atoms with Gasteiger partial charge in [-0.25, -0.2) is 9.13 Å². The topological polar surface area (TPSA) is 237 Å². The largest absolute Gasteiger partial charge is 0.472 e. The van der Waals surface area contributed by atoms with Crippen LogP contribution in [-0.4, -0.2) is 96.7 Å². The number of rotatable bonds is 74. The first-order valence-corrected chi connectivity index (χ1v) is 43.4. The molecule has 602 valence electrons. The Morgan fingerprint density at radius 3 is 0.802 bits per heavy atom. The number of hydrogen-bond donors (Lipinski definition) is 3. The van der Waals surface area contributed by atoms with Gasteiger partial charge < -0.3 is 33.8 Å². The van der Waals surface area contributed by atoms with Gasteiger partial charge in [0.05, 0.1) is 26.4 Å². The Balaban J connectivity index is 5.47. The van der Waals surface area contributed by atoms with Crippen molar-refractivity contribution in [3.8, 4) is 0 Å². The maximum Gasteiger partial charge on any atom is 0.472 e. The van der Waals surface area contributed by atoms with Crippen molar-refractivity contribution >= 4 is 39.5 Å². The maximum atomic E-state index is 13.1. The summed E-state index contributed by atoms with van der Waals surface area (Å²) in [5, 5.41) is 10.6. The maximum absolute atomic E-state index is 13.1. The van der Waals surface area contributed by atoms with E-state index in [1.54, 1.807) is 0 Å².